The lowest BCUT2D eigenvalue weighted by Crippen LogP contribution is -2.40. The van der Waals surface area contributed by atoms with Gasteiger partial charge >= 0.3 is 5.97 Å². The molecule has 5 nitrogen and oxygen atoms in total. The van der Waals surface area contributed by atoms with Crippen molar-refractivity contribution in [2.24, 2.45) is 0 Å². The second-order valence-electron chi connectivity index (χ2n) is 5.14. The third-order valence-corrected chi connectivity index (χ3v) is 3.59. The van der Waals surface area contributed by atoms with Crippen LogP contribution >= 0.6 is 0 Å². The van der Waals surface area contributed by atoms with Gasteiger partial charge in [0.15, 0.2) is 0 Å². The van der Waals surface area contributed by atoms with Gasteiger partial charge in [-0.05, 0) is 32.0 Å². The highest BCUT2D eigenvalue weighted by Crippen LogP contribution is 2.13. The summed E-state index contributed by atoms with van der Waals surface area (Å²) in [6, 6.07) is 6.36. The van der Waals surface area contributed by atoms with E-state index in [1.165, 1.54) is 0 Å². The van der Waals surface area contributed by atoms with E-state index in [9.17, 15) is 4.79 Å². The van der Waals surface area contributed by atoms with Gasteiger partial charge in [0.1, 0.15) is 0 Å². The first-order chi connectivity index (χ1) is 9.15. The van der Waals surface area contributed by atoms with Gasteiger partial charge in [-0.3, -0.25) is 14.7 Å². The number of hydrogen-bond donors (Lipinski definition) is 2. The lowest BCUT2D eigenvalue weighted by Gasteiger charge is -2.28. The van der Waals surface area contributed by atoms with Gasteiger partial charge in [0.05, 0.1) is 12.1 Å². The number of carboxylic acid groups (broad SMARTS) is 1. The molecule has 1 saturated heterocycles. The van der Waals surface area contributed by atoms with E-state index in [4.69, 9.17) is 5.11 Å². The zero-order valence-corrected chi connectivity index (χ0v) is 11.2. The van der Waals surface area contributed by atoms with Gasteiger partial charge in [0, 0.05) is 31.4 Å². The largest absolute Gasteiger partial charge is 0.481 e. The molecule has 2 heterocycles. The fourth-order valence-corrected chi connectivity index (χ4v) is 2.47. The molecule has 2 atom stereocenters. The Bertz CT molecular complexity index is 410. The number of nitrogens with zero attached hydrogens (tertiary/aromatic N) is 2. The molecule has 0 saturated carbocycles. The van der Waals surface area contributed by atoms with Gasteiger partial charge in [-0.1, -0.05) is 6.07 Å². The molecule has 1 aliphatic rings. The van der Waals surface area contributed by atoms with E-state index in [0.29, 0.717) is 6.04 Å². The minimum absolute atomic E-state index is 0.0196. The first-order valence-corrected chi connectivity index (χ1v) is 6.74. The first kappa shape index (κ1) is 14.0. The minimum atomic E-state index is -0.746. The van der Waals surface area contributed by atoms with Crippen LogP contribution in [0.3, 0.4) is 0 Å². The van der Waals surface area contributed by atoms with Crippen molar-refractivity contribution in [3.63, 3.8) is 0 Å². The van der Waals surface area contributed by atoms with E-state index in [2.05, 4.69) is 22.1 Å². The Morgan fingerprint density at radius 3 is 3.11 bits per heavy atom. The van der Waals surface area contributed by atoms with Crippen molar-refractivity contribution in [1.29, 1.82) is 0 Å². The van der Waals surface area contributed by atoms with Crippen LogP contribution in [0.25, 0.3) is 0 Å². The summed E-state index contributed by atoms with van der Waals surface area (Å²) >= 11 is 0. The van der Waals surface area contributed by atoms with Gasteiger partial charge in [-0.15, -0.1) is 0 Å². The van der Waals surface area contributed by atoms with E-state index < -0.39 is 5.97 Å². The van der Waals surface area contributed by atoms with Crippen molar-refractivity contribution in [3.8, 4) is 0 Å². The molecule has 2 N–H and O–H groups in total. The molecule has 1 aromatic heterocycles. The number of pyridine rings is 1. The fraction of sp³-hybridized carbons (Fsp3) is 0.571. The Morgan fingerprint density at radius 2 is 2.42 bits per heavy atom. The third kappa shape index (κ3) is 4.29. The average Bonchev–Trinajstić information content (AvgIpc) is 2.53. The van der Waals surface area contributed by atoms with Crippen LogP contribution in [0.2, 0.25) is 0 Å². The van der Waals surface area contributed by atoms with Crippen LogP contribution in [0.5, 0.6) is 0 Å². The molecule has 2 rings (SSSR count). The van der Waals surface area contributed by atoms with Gasteiger partial charge < -0.3 is 10.4 Å². The molecule has 0 amide bonds. The predicted molar refractivity (Wildman–Crippen MR) is 72.8 cm³/mol. The molecule has 0 aliphatic carbocycles. The van der Waals surface area contributed by atoms with E-state index in [-0.39, 0.29) is 12.5 Å². The van der Waals surface area contributed by atoms with Crippen molar-refractivity contribution in [3.05, 3.63) is 30.1 Å². The Kier molecular flexibility index (Phi) is 4.87. The quantitative estimate of drug-likeness (QED) is 0.852. The maximum Gasteiger partial charge on any atom is 0.304 e. The molecule has 19 heavy (non-hydrogen) atoms. The summed E-state index contributed by atoms with van der Waals surface area (Å²) in [6.07, 6.45) is 3.00. The average molecular weight is 263 g/mol. The minimum Gasteiger partial charge on any atom is -0.481 e. The zero-order valence-electron chi connectivity index (χ0n) is 11.2. The van der Waals surface area contributed by atoms with Crippen LogP contribution in [0.1, 0.15) is 25.5 Å². The van der Waals surface area contributed by atoms with E-state index in [0.717, 1.165) is 31.7 Å². The summed E-state index contributed by atoms with van der Waals surface area (Å²) in [5.74, 6) is -0.746. The molecule has 1 aromatic rings. The molecule has 0 spiro atoms. The Labute approximate surface area is 113 Å². The highest BCUT2D eigenvalue weighted by molar-refractivity contribution is 5.67. The summed E-state index contributed by atoms with van der Waals surface area (Å²) in [7, 11) is 0. The predicted octanol–water partition coefficient (Wildman–Crippen LogP) is 1.11. The highest BCUT2D eigenvalue weighted by atomic mass is 16.4. The molecule has 0 radical (unpaired) electrons. The number of carboxylic acids is 1. The Balaban J connectivity index is 2.01. The highest BCUT2D eigenvalue weighted by Gasteiger charge is 2.24. The van der Waals surface area contributed by atoms with Gasteiger partial charge in [0.2, 0.25) is 0 Å². The number of nitrogens with one attached hydrogen (secondary N) is 1. The summed E-state index contributed by atoms with van der Waals surface area (Å²) in [5.41, 5.74) is 1.03. The molecule has 2 unspecified atom stereocenters. The van der Waals surface area contributed by atoms with Gasteiger partial charge in [0.25, 0.3) is 0 Å². The van der Waals surface area contributed by atoms with E-state index >= 15 is 0 Å². The van der Waals surface area contributed by atoms with Crippen LogP contribution in [0.15, 0.2) is 24.4 Å². The molecule has 5 heteroatoms. The summed E-state index contributed by atoms with van der Waals surface area (Å²) in [4.78, 5) is 17.5. The van der Waals surface area contributed by atoms with Crippen LogP contribution in [-0.2, 0) is 11.3 Å². The summed E-state index contributed by atoms with van der Waals surface area (Å²) in [5, 5.41) is 12.2. The monoisotopic (exact) mass is 263 g/mol. The second kappa shape index (κ2) is 6.63. The number of aliphatic carboxylic acids is 1. The maximum absolute atomic E-state index is 10.9. The van der Waals surface area contributed by atoms with Crippen molar-refractivity contribution >= 4 is 5.97 Å². The normalized spacial score (nSPS) is 24.9. The number of carbonyl (C=O) groups is 1. The molecule has 1 fully saturated rings. The standard InChI is InChI=1S/C14H21N3O2/c1-11-5-7-16-13(8-14(18)19)10-17(11)9-12-4-2-3-6-15-12/h2-4,6,11,13,16H,5,7-10H2,1H3,(H,18,19). The number of rotatable bonds is 4. The van der Waals surface area contributed by atoms with Crippen LogP contribution in [0, 0.1) is 0 Å². The molecular formula is C14H21N3O2. The Morgan fingerprint density at radius 1 is 1.58 bits per heavy atom. The van der Waals surface area contributed by atoms with Crippen LogP contribution in [0.4, 0.5) is 0 Å². The first-order valence-electron chi connectivity index (χ1n) is 6.74. The van der Waals surface area contributed by atoms with Crippen molar-refractivity contribution in [2.75, 3.05) is 13.1 Å². The van der Waals surface area contributed by atoms with Crippen molar-refractivity contribution in [1.82, 2.24) is 15.2 Å². The molecular weight excluding hydrogens is 242 g/mol. The SMILES string of the molecule is CC1CCNC(CC(=O)O)CN1Cc1ccccn1. The third-order valence-electron chi connectivity index (χ3n) is 3.59. The summed E-state index contributed by atoms with van der Waals surface area (Å²) < 4.78 is 0. The Hall–Kier alpha value is -1.46. The van der Waals surface area contributed by atoms with Crippen LogP contribution < -0.4 is 5.32 Å². The summed E-state index contributed by atoms with van der Waals surface area (Å²) in [6.45, 7) is 4.59. The van der Waals surface area contributed by atoms with Crippen LogP contribution in [-0.4, -0.2) is 46.1 Å². The van der Waals surface area contributed by atoms with Gasteiger partial charge in [-0.2, -0.15) is 0 Å². The second-order valence-corrected chi connectivity index (χ2v) is 5.14. The van der Waals surface area contributed by atoms with Crippen molar-refractivity contribution in [2.45, 2.75) is 38.4 Å². The topological polar surface area (TPSA) is 65.5 Å². The molecule has 1 aliphatic heterocycles. The lowest BCUT2D eigenvalue weighted by atomic mass is 10.1. The fourth-order valence-electron chi connectivity index (χ4n) is 2.47. The molecule has 0 aromatic carbocycles. The van der Waals surface area contributed by atoms with E-state index in [1.807, 2.05) is 18.2 Å². The van der Waals surface area contributed by atoms with E-state index in [1.54, 1.807) is 6.20 Å². The smallest absolute Gasteiger partial charge is 0.304 e. The van der Waals surface area contributed by atoms with Crippen molar-refractivity contribution < 1.29 is 9.90 Å². The zero-order chi connectivity index (χ0) is 13.7. The maximum atomic E-state index is 10.9. The lowest BCUT2D eigenvalue weighted by molar-refractivity contribution is -0.137. The van der Waals surface area contributed by atoms with Gasteiger partial charge in [-0.25, -0.2) is 0 Å². The molecule has 104 valence electrons. The number of hydrogen-bond acceptors (Lipinski definition) is 4. The number of aromatic nitrogens is 1. The molecule has 0 bridgehead atoms.